The number of morpholine rings is 1. The van der Waals surface area contributed by atoms with Gasteiger partial charge in [0.2, 0.25) is 0 Å². The van der Waals surface area contributed by atoms with E-state index in [4.69, 9.17) is 14.5 Å². The fraction of sp³-hybridized carbons (Fsp3) is 0.833. The Kier molecular flexibility index (Phi) is 11.9. The Morgan fingerprint density at radius 2 is 2.00 bits per heavy atom. The highest BCUT2D eigenvalue weighted by molar-refractivity contribution is 14.0. The van der Waals surface area contributed by atoms with Crippen LogP contribution in [0.4, 0.5) is 0 Å². The number of methoxy groups -OCH3 is 1. The summed E-state index contributed by atoms with van der Waals surface area (Å²) in [5.74, 6) is 1.80. The van der Waals surface area contributed by atoms with Gasteiger partial charge < -0.3 is 24.7 Å². The van der Waals surface area contributed by atoms with Gasteiger partial charge >= 0.3 is 0 Å². The van der Waals surface area contributed by atoms with Crippen LogP contribution in [-0.2, 0) is 22.4 Å². The van der Waals surface area contributed by atoms with Crippen LogP contribution in [0, 0.1) is 0 Å². The second-order valence-corrected chi connectivity index (χ2v) is 7.22. The number of nitrogens with zero attached hydrogens (tertiary/aromatic N) is 5. The van der Waals surface area contributed by atoms with E-state index in [0.717, 1.165) is 57.6 Å². The standard InChI is InChI=1S/C18H35N7O2.HI/c1-5-16-23-22-15-24(16)8-6-19-17(20-7-11-26-4)21-14-18(2,3)25-9-12-27-13-10-25;/h15H,5-14H2,1-4H3,(H2,19,20,21);1H. The summed E-state index contributed by atoms with van der Waals surface area (Å²) in [6.45, 7) is 13.7. The predicted molar refractivity (Wildman–Crippen MR) is 121 cm³/mol. The molecule has 2 heterocycles. The maximum Gasteiger partial charge on any atom is 0.191 e. The summed E-state index contributed by atoms with van der Waals surface area (Å²) in [6.07, 6.45) is 2.65. The van der Waals surface area contributed by atoms with E-state index in [9.17, 15) is 0 Å². The molecule has 1 fully saturated rings. The molecule has 1 saturated heterocycles. The number of hydrogen-bond donors (Lipinski definition) is 2. The van der Waals surface area contributed by atoms with Crippen LogP contribution in [0.2, 0.25) is 0 Å². The highest BCUT2D eigenvalue weighted by atomic mass is 127. The lowest BCUT2D eigenvalue weighted by atomic mass is 10.0. The number of hydrogen-bond acceptors (Lipinski definition) is 6. The number of ether oxygens (including phenoxy) is 2. The quantitative estimate of drug-likeness (QED) is 0.208. The Hall–Kier alpha value is -0.980. The van der Waals surface area contributed by atoms with Crippen LogP contribution < -0.4 is 10.6 Å². The smallest absolute Gasteiger partial charge is 0.191 e. The third-order valence-electron chi connectivity index (χ3n) is 4.75. The lowest BCUT2D eigenvalue weighted by Crippen LogP contribution is -2.52. The zero-order valence-electron chi connectivity index (χ0n) is 17.6. The molecule has 1 aliphatic rings. The Labute approximate surface area is 185 Å². The van der Waals surface area contributed by atoms with E-state index < -0.39 is 0 Å². The molecular formula is C18H36IN7O2. The van der Waals surface area contributed by atoms with Crippen molar-refractivity contribution in [2.75, 3.05) is 59.7 Å². The monoisotopic (exact) mass is 509 g/mol. The van der Waals surface area contributed by atoms with Gasteiger partial charge in [-0.25, -0.2) is 0 Å². The van der Waals surface area contributed by atoms with E-state index in [2.05, 4.69) is 51.1 Å². The molecule has 9 nitrogen and oxygen atoms in total. The molecule has 0 spiro atoms. The second-order valence-electron chi connectivity index (χ2n) is 7.22. The first kappa shape index (κ1) is 25.1. The minimum Gasteiger partial charge on any atom is -0.383 e. The summed E-state index contributed by atoms with van der Waals surface area (Å²) in [4.78, 5) is 7.26. The average Bonchev–Trinajstić information content (AvgIpc) is 3.14. The largest absolute Gasteiger partial charge is 0.383 e. The van der Waals surface area contributed by atoms with Crippen molar-refractivity contribution in [3.63, 3.8) is 0 Å². The first-order valence-electron chi connectivity index (χ1n) is 9.77. The van der Waals surface area contributed by atoms with Gasteiger partial charge in [-0.2, -0.15) is 0 Å². The molecule has 0 aliphatic carbocycles. The van der Waals surface area contributed by atoms with E-state index in [-0.39, 0.29) is 29.5 Å². The van der Waals surface area contributed by atoms with Gasteiger partial charge in [-0.05, 0) is 13.8 Å². The fourth-order valence-corrected chi connectivity index (χ4v) is 3.02. The third-order valence-corrected chi connectivity index (χ3v) is 4.75. The van der Waals surface area contributed by atoms with Crippen molar-refractivity contribution in [3.8, 4) is 0 Å². The summed E-state index contributed by atoms with van der Waals surface area (Å²) in [5.41, 5.74) is -0.0106. The summed E-state index contributed by atoms with van der Waals surface area (Å²) in [6, 6.07) is 0. The van der Waals surface area contributed by atoms with Crippen molar-refractivity contribution in [2.45, 2.75) is 39.3 Å². The molecule has 0 aromatic carbocycles. The predicted octanol–water partition coefficient (Wildman–Crippen LogP) is 0.751. The van der Waals surface area contributed by atoms with Crippen LogP contribution in [-0.4, -0.2) is 90.8 Å². The maximum atomic E-state index is 5.46. The molecule has 0 saturated carbocycles. The Bertz CT molecular complexity index is 574. The summed E-state index contributed by atoms with van der Waals surface area (Å²) >= 11 is 0. The average molecular weight is 509 g/mol. The molecule has 0 atom stereocenters. The molecule has 162 valence electrons. The van der Waals surface area contributed by atoms with E-state index >= 15 is 0 Å². The van der Waals surface area contributed by atoms with Gasteiger partial charge in [-0.3, -0.25) is 9.89 Å². The molecule has 1 aromatic rings. The van der Waals surface area contributed by atoms with E-state index in [1.165, 1.54) is 0 Å². The maximum absolute atomic E-state index is 5.46. The lowest BCUT2D eigenvalue weighted by molar-refractivity contribution is -0.00684. The molecule has 28 heavy (non-hydrogen) atoms. The van der Waals surface area contributed by atoms with Crippen molar-refractivity contribution in [1.29, 1.82) is 0 Å². The van der Waals surface area contributed by atoms with Crippen LogP contribution >= 0.6 is 24.0 Å². The van der Waals surface area contributed by atoms with Crippen molar-refractivity contribution < 1.29 is 9.47 Å². The van der Waals surface area contributed by atoms with Gasteiger partial charge in [-0.15, -0.1) is 34.2 Å². The number of guanidine groups is 1. The molecule has 0 radical (unpaired) electrons. The molecule has 0 bridgehead atoms. The minimum absolute atomic E-state index is 0. The number of nitrogens with one attached hydrogen (secondary N) is 2. The minimum atomic E-state index is -0.0106. The van der Waals surface area contributed by atoms with Crippen molar-refractivity contribution in [1.82, 2.24) is 30.3 Å². The van der Waals surface area contributed by atoms with Gasteiger partial charge in [0, 0.05) is 51.8 Å². The second kappa shape index (κ2) is 13.3. The normalized spacial score (nSPS) is 15.9. The number of halogens is 1. The highest BCUT2D eigenvalue weighted by Crippen LogP contribution is 2.16. The first-order chi connectivity index (χ1) is 13.1. The van der Waals surface area contributed by atoms with Gasteiger partial charge in [0.15, 0.2) is 5.96 Å². The zero-order valence-corrected chi connectivity index (χ0v) is 19.9. The summed E-state index contributed by atoms with van der Waals surface area (Å²) < 4.78 is 12.7. The number of rotatable bonds is 10. The lowest BCUT2D eigenvalue weighted by Gasteiger charge is -2.39. The molecular weight excluding hydrogens is 473 g/mol. The first-order valence-corrected chi connectivity index (χ1v) is 9.77. The van der Waals surface area contributed by atoms with Crippen LogP contribution in [0.3, 0.4) is 0 Å². The third kappa shape index (κ3) is 8.18. The Morgan fingerprint density at radius 3 is 2.68 bits per heavy atom. The van der Waals surface area contributed by atoms with Crippen molar-refractivity contribution in [2.24, 2.45) is 4.99 Å². The SMILES string of the molecule is CCc1nncn1CCNC(=NCC(C)(C)N1CCOCC1)NCCOC.I. The summed E-state index contributed by atoms with van der Waals surface area (Å²) in [7, 11) is 1.70. The number of aromatic nitrogens is 3. The van der Waals surface area contributed by atoms with Gasteiger partial charge in [-0.1, -0.05) is 6.92 Å². The molecule has 0 unspecified atom stereocenters. The van der Waals surface area contributed by atoms with Crippen LogP contribution in [0.5, 0.6) is 0 Å². The Morgan fingerprint density at radius 1 is 1.29 bits per heavy atom. The topological polar surface area (TPSA) is 88.8 Å². The molecule has 2 rings (SSSR count). The number of aryl methyl sites for hydroxylation is 1. The highest BCUT2D eigenvalue weighted by Gasteiger charge is 2.28. The molecule has 2 N–H and O–H groups in total. The number of aliphatic imine (C=N–C) groups is 1. The zero-order chi connectivity index (χ0) is 19.5. The summed E-state index contributed by atoms with van der Waals surface area (Å²) in [5, 5.41) is 14.8. The van der Waals surface area contributed by atoms with Crippen LogP contribution in [0.25, 0.3) is 0 Å². The molecule has 1 aromatic heterocycles. The molecule has 1 aliphatic heterocycles. The van der Waals surface area contributed by atoms with Gasteiger partial charge in [0.25, 0.3) is 0 Å². The van der Waals surface area contributed by atoms with E-state index in [1.54, 1.807) is 13.4 Å². The van der Waals surface area contributed by atoms with Gasteiger partial charge in [0.05, 0.1) is 26.4 Å². The van der Waals surface area contributed by atoms with Gasteiger partial charge in [0.1, 0.15) is 12.2 Å². The fourth-order valence-electron chi connectivity index (χ4n) is 3.02. The van der Waals surface area contributed by atoms with Crippen molar-refractivity contribution >= 4 is 29.9 Å². The van der Waals surface area contributed by atoms with Crippen molar-refractivity contribution in [3.05, 3.63) is 12.2 Å². The van der Waals surface area contributed by atoms with E-state index in [1.807, 2.05) is 0 Å². The van der Waals surface area contributed by atoms with Crippen LogP contribution in [0.1, 0.15) is 26.6 Å². The Balaban J connectivity index is 0.00000392. The van der Waals surface area contributed by atoms with Crippen LogP contribution in [0.15, 0.2) is 11.3 Å². The van der Waals surface area contributed by atoms with E-state index in [0.29, 0.717) is 19.7 Å². The molecule has 0 amide bonds. The molecule has 10 heteroatoms.